The molecule has 0 radical (unpaired) electrons. The van der Waals surface area contributed by atoms with Gasteiger partial charge in [0, 0.05) is 6.92 Å². The summed E-state index contributed by atoms with van der Waals surface area (Å²) in [5.41, 5.74) is 1.87. The first-order chi connectivity index (χ1) is 11.2. The van der Waals surface area contributed by atoms with E-state index in [1.54, 1.807) is 0 Å². The van der Waals surface area contributed by atoms with Crippen LogP contribution < -0.4 is 0 Å². The maximum absolute atomic E-state index is 10.7. The Labute approximate surface area is 150 Å². The smallest absolute Gasteiger partial charge is 0.302 e. The molecule has 140 valence electrons. The van der Waals surface area contributed by atoms with Crippen molar-refractivity contribution in [2.75, 3.05) is 6.61 Å². The number of rotatable bonds is 9. The van der Waals surface area contributed by atoms with Crippen molar-refractivity contribution in [3.63, 3.8) is 0 Å². The van der Waals surface area contributed by atoms with Crippen LogP contribution in [-0.4, -0.2) is 12.6 Å². The number of esters is 1. The molecular formula is C22H40O2. The SMILES string of the molecule is CC(=O)OC/C=C(\C)CCCC(C)CC[C@H]1[C@@H](C)CCCC1(C)C. The van der Waals surface area contributed by atoms with E-state index < -0.39 is 0 Å². The van der Waals surface area contributed by atoms with Crippen LogP contribution in [0.4, 0.5) is 0 Å². The van der Waals surface area contributed by atoms with Crippen molar-refractivity contribution < 1.29 is 9.53 Å². The average Bonchev–Trinajstić information content (AvgIpc) is 2.45. The van der Waals surface area contributed by atoms with E-state index in [0.29, 0.717) is 12.0 Å². The van der Waals surface area contributed by atoms with Crippen LogP contribution in [0.5, 0.6) is 0 Å². The minimum absolute atomic E-state index is 0.201. The second kappa shape index (κ2) is 10.3. The minimum Gasteiger partial charge on any atom is -0.462 e. The van der Waals surface area contributed by atoms with Gasteiger partial charge in [-0.15, -0.1) is 0 Å². The second-order valence-electron chi connectivity index (χ2n) is 8.89. The van der Waals surface area contributed by atoms with Gasteiger partial charge in [-0.2, -0.15) is 0 Å². The molecule has 0 saturated heterocycles. The maximum Gasteiger partial charge on any atom is 0.302 e. The summed E-state index contributed by atoms with van der Waals surface area (Å²) in [7, 11) is 0. The summed E-state index contributed by atoms with van der Waals surface area (Å²) >= 11 is 0. The molecule has 2 heteroatoms. The topological polar surface area (TPSA) is 26.3 Å². The van der Waals surface area contributed by atoms with Gasteiger partial charge in [0.05, 0.1) is 0 Å². The van der Waals surface area contributed by atoms with Crippen LogP contribution in [0.15, 0.2) is 11.6 Å². The first-order valence-electron chi connectivity index (χ1n) is 10.0. The number of carbonyl (C=O) groups excluding carboxylic acids is 1. The summed E-state index contributed by atoms with van der Waals surface area (Å²) in [5.74, 6) is 2.41. The predicted octanol–water partition coefficient (Wildman–Crippen LogP) is 6.54. The molecule has 1 aliphatic rings. The number of carbonyl (C=O) groups is 1. The fourth-order valence-electron chi connectivity index (χ4n) is 4.45. The van der Waals surface area contributed by atoms with Gasteiger partial charge in [0.15, 0.2) is 0 Å². The lowest BCUT2D eigenvalue weighted by atomic mass is 9.62. The van der Waals surface area contributed by atoms with Gasteiger partial charge in [-0.3, -0.25) is 4.79 Å². The van der Waals surface area contributed by atoms with Crippen LogP contribution in [0.3, 0.4) is 0 Å². The number of allylic oxidation sites excluding steroid dienone is 1. The Balaban J connectivity index is 2.24. The standard InChI is InChI=1S/C22H40O2/c1-17(9-7-10-18(2)14-16-24-20(4)23)12-13-21-19(3)11-8-15-22(21,5)6/h14,17,19,21H,7-13,15-16H2,1-6H3/b18-14+/t17?,19-,21-/m0/s1. The molecule has 0 spiro atoms. The van der Waals surface area contributed by atoms with Crippen molar-refractivity contribution in [3.8, 4) is 0 Å². The Morgan fingerprint density at radius 3 is 2.62 bits per heavy atom. The van der Waals surface area contributed by atoms with Crippen LogP contribution in [-0.2, 0) is 9.53 Å². The summed E-state index contributed by atoms with van der Waals surface area (Å²) in [6.07, 6.45) is 12.7. The zero-order valence-electron chi connectivity index (χ0n) is 17.0. The highest BCUT2D eigenvalue weighted by molar-refractivity contribution is 5.66. The predicted molar refractivity (Wildman–Crippen MR) is 103 cm³/mol. The number of hydrogen-bond donors (Lipinski definition) is 0. The van der Waals surface area contributed by atoms with Crippen LogP contribution in [0.2, 0.25) is 0 Å². The van der Waals surface area contributed by atoms with Crippen molar-refractivity contribution in [2.45, 2.75) is 92.9 Å². The number of hydrogen-bond acceptors (Lipinski definition) is 2. The van der Waals surface area contributed by atoms with Crippen molar-refractivity contribution in [3.05, 3.63) is 11.6 Å². The molecule has 0 aliphatic heterocycles. The van der Waals surface area contributed by atoms with Crippen LogP contribution in [0, 0.1) is 23.2 Å². The summed E-state index contributed by atoms with van der Waals surface area (Å²) in [6, 6.07) is 0. The van der Waals surface area contributed by atoms with E-state index in [0.717, 1.165) is 24.2 Å². The van der Waals surface area contributed by atoms with E-state index in [-0.39, 0.29) is 5.97 Å². The van der Waals surface area contributed by atoms with E-state index >= 15 is 0 Å². The van der Waals surface area contributed by atoms with Crippen molar-refractivity contribution in [1.82, 2.24) is 0 Å². The lowest BCUT2D eigenvalue weighted by Gasteiger charge is -2.43. The molecule has 1 aliphatic carbocycles. The second-order valence-corrected chi connectivity index (χ2v) is 8.89. The number of ether oxygens (including phenoxy) is 1. The normalized spacial score (nSPS) is 25.3. The molecule has 3 atom stereocenters. The Hall–Kier alpha value is -0.790. The third kappa shape index (κ3) is 7.85. The molecule has 0 aromatic rings. The highest BCUT2D eigenvalue weighted by Gasteiger charge is 2.36. The molecule has 0 N–H and O–H groups in total. The Morgan fingerprint density at radius 1 is 1.29 bits per heavy atom. The summed E-state index contributed by atoms with van der Waals surface area (Å²) in [4.78, 5) is 10.7. The van der Waals surface area contributed by atoms with Crippen molar-refractivity contribution in [2.24, 2.45) is 23.2 Å². The zero-order valence-corrected chi connectivity index (χ0v) is 17.0. The zero-order chi connectivity index (χ0) is 18.2. The van der Waals surface area contributed by atoms with Gasteiger partial charge in [0.2, 0.25) is 0 Å². The third-order valence-electron chi connectivity index (χ3n) is 6.13. The highest BCUT2D eigenvalue weighted by atomic mass is 16.5. The van der Waals surface area contributed by atoms with E-state index in [4.69, 9.17) is 4.74 Å². The lowest BCUT2D eigenvalue weighted by molar-refractivity contribution is -0.139. The van der Waals surface area contributed by atoms with Crippen LogP contribution >= 0.6 is 0 Å². The first-order valence-corrected chi connectivity index (χ1v) is 10.0. The molecular weight excluding hydrogens is 296 g/mol. The first kappa shape index (κ1) is 21.3. The fourth-order valence-corrected chi connectivity index (χ4v) is 4.45. The quantitative estimate of drug-likeness (QED) is 0.353. The van der Waals surface area contributed by atoms with Gasteiger partial charge < -0.3 is 4.74 Å². The highest BCUT2D eigenvalue weighted by Crippen LogP contribution is 2.46. The Kier molecular flexibility index (Phi) is 9.08. The molecule has 1 rings (SSSR count). The van der Waals surface area contributed by atoms with Gasteiger partial charge in [-0.1, -0.05) is 59.0 Å². The third-order valence-corrected chi connectivity index (χ3v) is 6.13. The van der Waals surface area contributed by atoms with Gasteiger partial charge in [0.1, 0.15) is 6.61 Å². The summed E-state index contributed by atoms with van der Waals surface area (Å²) in [6.45, 7) is 13.9. The molecule has 1 unspecified atom stereocenters. The van der Waals surface area contributed by atoms with Gasteiger partial charge in [-0.05, 0) is 61.9 Å². The molecule has 0 bridgehead atoms. The van der Waals surface area contributed by atoms with Crippen LogP contribution in [0.1, 0.15) is 92.9 Å². The fraction of sp³-hybridized carbons (Fsp3) is 0.864. The monoisotopic (exact) mass is 336 g/mol. The van der Waals surface area contributed by atoms with E-state index in [2.05, 4.69) is 34.6 Å². The van der Waals surface area contributed by atoms with Crippen molar-refractivity contribution in [1.29, 1.82) is 0 Å². The Bertz CT molecular complexity index is 408. The van der Waals surface area contributed by atoms with E-state index in [9.17, 15) is 4.79 Å². The average molecular weight is 337 g/mol. The van der Waals surface area contributed by atoms with Crippen LogP contribution in [0.25, 0.3) is 0 Å². The molecule has 0 aromatic heterocycles. The summed E-state index contributed by atoms with van der Waals surface area (Å²) in [5, 5.41) is 0. The molecule has 0 heterocycles. The van der Waals surface area contributed by atoms with E-state index in [1.807, 2.05) is 6.08 Å². The van der Waals surface area contributed by atoms with E-state index in [1.165, 1.54) is 57.4 Å². The summed E-state index contributed by atoms with van der Waals surface area (Å²) < 4.78 is 4.96. The maximum atomic E-state index is 10.7. The molecule has 1 fully saturated rings. The van der Waals surface area contributed by atoms with Crippen molar-refractivity contribution >= 4 is 5.97 Å². The molecule has 24 heavy (non-hydrogen) atoms. The van der Waals surface area contributed by atoms with Gasteiger partial charge in [0.25, 0.3) is 0 Å². The molecule has 0 aromatic carbocycles. The Morgan fingerprint density at radius 2 is 2.00 bits per heavy atom. The van der Waals surface area contributed by atoms with Gasteiger partial charge in [-0.25, -0.2) is 0 Å². The molecule has 1 saturated carbocycles. The van der Waals surface area contributed by atoms with Gasteiger partial charge >= 0.3 is 5.97 Å². The minimum atomic E-state index is -0.201. The molecule has 0 amide bonds. The molecule has 2 nitrogen and oxygen atoms in total. The largest absolute Gasteiger partial charge is 0.462 e. The lowest BCUT2D eigenvalue weighted by Crippen LogP contribution is -2.33.